The van der Waals surface area contributed by atoms with Gasteiger partial charge in [-0.15, -0.1) is 5.10 Å². The predicted octanol–water partition coefficient (Wildman–Crippen LogP) is 2.14. The number of ether oxygens (including phenoxy) is 1. The number of aryl methyl sites for hydroxylation is 1. The minimum absolute atomic E-state index is 0.179. The summed E-state index contributed by atoms with van der Waals surface area (Å²) in [6.07, 6.45) is 3.26. The van der Waals surface area contributed by atoms with Crippen molar-refractivity contribution in [2.45, 2.75) is 13.8 Å². The minimum atomic E-state index is -0.179. The molecule has 1 aromatic carbocycles. The van der Waals surface area contributed by atoms with Crippen LogP contribution in [0.1, 0.15) is 12.7 Å². The van der Waals surface area contributed by atoms with Gasteiger partial charge in [0.1, 0.15) is 11.6 Å². The van der Waals surface area contributed by atoms with Crippen molar-refractivity contribution in [3.8, 4) is 11.4 Å². The molecular weight excluding hydrogens is 306 g/mol. The molecule has 120 valence electrons. The SMILES string of the molecule is CCOc1ccccc1-n1ccc2c(cnc3nc(C)nn32)c1=O. The van der Waals surface area contributed by atoms with Crippen LogP contribution in [0.4, 0.5) is 0 Å². The molecule has 3 aromatic heterocycles. The summed E-state index contributed by atoms with van der Waals surface area (Å²) in [4.78, 5) is 21.4. The van der Waals surface area contributed by atoms with Gasteiger partial charge in [-0.2, -0.15) is 9.50 Å². The van der Waals surface area contributed by atoms with Gasteiger partial charge in [-0.05, 0) is 32.0 Å². The summed E-state index contributed by atoms with van der Waals surface area (Å²) in [6.45, 7) is 4.23. The van der Waals surface area contributed by atoms with Gasteiger partial charge >= 0.3 is 0 Å². The molecule has 0 fully saturated rings. The fourth-order valence-electron chi connectivity index (χ4n) is 2.74. The second-order valence-corrected chi connectivity index (χ2v) is 5.32. The van der Waals surface area contributed by atoms with Gasteiger partial charge in [-0.3, -0.25) is 9.36 Å². The molecule has 0 spiro atoms. The van der Waals surface area contributed by atoms with Crippen LogP contribution in [0, 0.1) is 6.92 Å². The van der Waals surface area contributed by atoms with Gasteiger partial charge in [0, 0.05) is 12.4 Å². The third-order valence-corrected chi connectivity index (χ3v) is 3.76. The van der Waals surface area contributed by atoms with Crippen LogP contribution in [0.15, 0.2) is 47.5 Å². The first-order chi connectivity index (χ1) is 11.7. The molecule has 0 radical (unpaired) electrons. The van der Waals surface area contributed by atoms with Crippen LogP contribution in [-0.2, 0) is 0 Å². The lowest BCUT2D eigenvalue weighted by molar-refractivity contribution is 0.339. The normalized spacial score (nSPS) is 11.2. The maximum Gasteiger partial charge on any atom is 0.266 e. The zero-order chi connectivity index (χ0) is 16.7. The largest absolute Gasteiger partial charge is 0.492 e. The Morgan fingerprint density at radius 2 is 2.04 bits per heavy atom. The molecule has 4 rings (SSSR count). The average molecular weight is 321 g/mol. The van der Waals surface area contributed by atoms with Gasteiger partial charge in [-0.1, -0.05) is 12.1 Å². The molecule has 0 atom stereocenters. The van der Waals surface area contributed by atoms with Crippen molar-refractivity contribution in [2.75, 3.05) is 6.61 Å². The van der Waals surface area contributed by atoms with E-state index >= 15 is 0 Å². The molecule has 0 saturated carbocycles. The highest BCUT2D eigenvalue weighted by molar-refractivity contribution is 5.79. The molecule has 24 heavy (non-hydrogen) atoms. The van der Waals surface area contributed by atoms with Crippen LogP contribution in [0.25, 0.3) is 22.4 Å². The second-order valence-electron chi connectivity index (χ2n) is 5.32. The summed E-state index contributed by atoms with van der Waals surface area (Å²) in [5.74, 6) is 1.75. The van der Waals surface area contributed by atoms with E-state index in [1.54, 1.807) is 28.4 Å². The van der Waals surface area contributed by atoms with Gasteiger partial charge in [0.2, 0.25) is 0 Å². The lowest BCUT2D eigenvalue weighted by Gasteiger charge is -2.12. The Kier molecular flexibility index (Phi) is 3.26. The standard InChI is InChI=1S/C17H15N5O2/c1-3-24-15-7-5-4-6-14(15)21-9-8-13-12(16(21)23)10-18-17-19-11(2)20-22(13)17/h4-10H,3H2,1-2H3. The number of hydrogen-bond acceptors (Lipinski definition) is 5. The van der Waals surface area contributed by atoms with Crippen molar-refractivity contribution >= 4 is 16.7 Å². The molecule has 4 aromatic rings. The number of nitrogens with zero attached hydrogens (tertiary/aromatic N) is 5. The molecule has 0 aliphatic rings. The summed E-state index contributed by atoms with van der Waals surface area (Å²) < 4.78 is 8.78. The first kappa shape index (κ1) is 14.4. The van der Waals surface area contributed by atoms with Crippen molar-refractivity contribution in [3.63, 3.8) is 0 Å². The Morgan fingerprint density at radius 1 is 1.21 bits per heavy atom. The van der Waals surface area contributed by atoms with Gasteiger partial charge < -0.3 is 4.74 Å². The number of benzene rings is 1. The third kappa shape index (κ3) is 2.13. The highest BCUT2D eigenvalue weighted by atomic mass is 16.5. The fourth-order valence-corrected chi connectivity index (χ4v) is 2.74. The van der Waals surface area contributed by atoms with Crippen molar-refractivity contribution in [3.05, 3.63) is 58.9 Å². The summed E-state index contributed by atoms with van der Waals surface area (Å²) in [7, 11) is 0. The first-order valence-corrected chi connectivity index (χ1v) is 7.65. The van der Waals surface area contributed by atoms with E-state index in [2.05, 4.69) is 15.1 Å². The summed E-state index contributed by atoms with van der Waals surface area (Å²) >= 11 is 0. The van der Waals surface area contributed by atoms with E-state index in [0.29, 0.717) is 40.5 Å². The Bertz CT molecular complexity index is 1110. The number of hydrogen-bond donors (Lipinski definition) is 0. The Balaban J connectivity index is 2.00. The first-order valence-electron chi connectivity index (χ1n) is 7.65. The van der Waals surface area contributed by atoms with Crippen molar-refractivity contribution < 1.29 is 4.74 Å². The van der Waals surface area contributed by atoms with Crippen molar-refractivity contribution in [1.82, 2.24) is 24.1 Å². The molecule has 0 N–H and O–H groups in total. The summed E-state index contributed by atoms with van der Waals surface area (Å²) in [5, 5.41) is 4.78. The monoisotopic (exact) mass is 321 g/mol. The van der Waals surface area contributed by atoms with Gasteiger partial charge in [-0.25, -0.2) is 4.98 Å². The molecule has 0 aliphatic carbocycles. The van der Waals surface area contributed by atoms with Crippen molar-refractivity contribution in [2.24, 2.45) is 0 Å². The van der Waals surface area contributed by atoms with E-state index in [-0.39, 0.29) is 5.56 Å². The van der Waals surface area contributed by atoms with E-state index in [1.165, 1.54) is 0 Å². The van der Waals surface area contributed by atoms with Gasteiger partial charge in [0.25, 0.3) is 11.3 Å². The molecule has 0 bridgehead atoms. The lowest BCUT2D eigenvalue weighted by Crippen LogP contribution is -2.19. The van der Waals surface area contributed by atoms with Crippen LogP contribution in [0.5, 0.6) is 5.75 Å². The fraction of sp³-hybridized carbons (Fsp3) is 0.176. The lowest BCUT2D eigenvalue weighted by atomic mass is 10.2. The highest BCUT2D eigenvalue weighted by Gasteiger charge is 2.12. The smallest absolute Gasteiger partial charge is 0.266 e. The Morgan fingerprint density at radius 3 is 2.88 bits per heavy atom. The van der Waals surface area contributed by atoms with E-state index in [9.17, 15) is 4.79 Å². The number of rotatable bonds is 3. The van der Waals surface area contributed by atoms with Crippen LogP contribution in [0.3, 0.4) is 0 Å². The zero-order valence-corrected chi connectivity index (χ0v) is 13.3. The predicted molar refractivity (Wildman–Crippen MR) is 89.8 cm³/mol. The van der Waals surface area contributed by atoms with Crippen LogP contribution in [0.2, 0.25) is 0 Å². The highest BCUT2D eigenvalue weighted by Crippen LogP contribution is 2.22. The van der Waals surface area contributed by atoms with Crippen LogP contribution in [-0.4, -0.2) is 30.8 Å². The molecule has 7 nitrogen and oxygen atoms in total. The Labute approximate surface area is 137 Å². The quantitative estimate of drug-likeness (QED) is 0.578. The maximum absolute atomic E-state index is 12.9. The number of fused-ring (bicyclic) bond motifs is 3. The third-order valence-electron chi connectivity index (χ3n) is 3.76. The second kappa shape index (κ2) is 5.45. The average Bonchev–Trinajstić information content (AvgIpc) is 2.97. The van der Waals surface area contributed by atoms with Crippen LogP contribution >= 0.6 is 0 Å². The summed E-state index contributed by atoms with van der Waals surface area (Å²) in [5.41, 5.74) is 1.19. The molecule has 0 unspecified atom stereocenters. The van der Waals surface area contributed by atoms with Crippen molar-refractivity contribution in [1.29, 1.82) is 0 Å². The van der Waals surface area contributed by atoms with E-state index in [4.69, 9.17) is 4.74 Å². The molecule has 0 saturated heterocycles. The molecule has 0 amide bonds. The zero-order valence-electron chi connectivity index (χ0n) is 13.3. The minimum Gasteiger partial charge on any atom is -0.492 e. The Hall–Kier alpha value is -3.22. The topological polar surface area (TPSA) is 74.3 Å². The van der Waals surface area contributed by atoms with Gasteiger partial charge in [0.05, 0.1) is 23.2 Å². The number of pyridine rings is 1. The summed E-state index contributed by atoms with van der Waals surface area (Å²) in [6, 6.07) is 9.28. The van der Waals surface area contributed by atoms with Crippen LogP contribution < -0.4 is 10.3 Å². The number of aromatic nitrogens is 5. The molecule has 3 heterocycles. The molecule has 0 aliphatic heterocycles. The van der Waals surface area contributed by atoms with Gasteiger partial charge in [0.15, 0.2) is 0 Å². The van der Waals surface area contributed by atoms with E-state index in [0.717, 1.165) is 0 Å². The molecular formula is C17H15N5O2. The van der Waals surface area contributed by atoms with E-state index in [1.807, 2.05) is 37.3 Å². The number of para-hydroxylation sites is 2. The molecule has 7 heteroatoms. The maximum atomic E-state index is 12.9. The van der Waals surface area contributed by atoms with E-state index < -0.39 is 0 Å².